The second kappa shape index (κ2) is 8.09. The fourth-order valence-electron chi connectivity index (χ4n) is 3.45. The molecular formula is C23H22N4OS. The van der Waals surface area contributed by atoms with Crippen LogP contribution < -0.4 is 5.69 Å². The summed E-state index contributed by atoms with van der Waals surface area (Å²) in [5.41, 5.74) is 7.65. The summed E-state index contributed by atoms with van der Waals surface area (Å²) in [6.45, 7) is 6.34. The number of aromatic nitrogens is 4. The molecular weight excluding hydrogens is 380 g/mol. The maximum atomic E-state index is 12.0. The molecule has 6 heteroatoms. The Morgan fingerprint density at radius 2 is 1.72 bits per heavy atom. The molecule has 1 heterocycles. The van der Waals surface area contributed by atoms with E-state index < -0.39 is 0 Å². The zero-order chi connectivity index (χ0) is 20.4. The van der Waals surface area contributed by atoms with Crippen LogP contribution in [-0.2, 0) is 5.75 Å². The number of nitrogens with zero attached hydrogens (tertiary/aromatic N) is 3. The van der Waals surface area contributed by atoms with Gasteiger partial charge in [-0.1, -0.05) is 48.5 Å². The lowest BCUT2D eigenvalue weighted by molar-refractivity contribution is 0.774. The molecule has 0 amide bonds. The largest absolute Gasteiger partial charge is 0.365 e. The molecule has 5 nitrogen and oxygen atoms in total. The Labute approximate surface area is 173 Å². The van der Waals surface area contributed by atoms with E-state index in [0.717, 1.165) is 22.6 Å². The van der Waals surface area contributed by atoms with Gasteiger partial charge in [-0.05, 0) is 76.7 Å². The lowest BCUT2D eigenvalue weighted by Gasteiger charge is -2.13. The molecule has 0 saturated carbocycles. The molecule has 0 atom stereocenters. The van der Waals surface area contributed by atoms with Gasteiger partial charge in [0, 0.05) is 10.6 Å². The third kappa shape index (κ3) is 3.89. The Hall–Kier alpha value is -3.12. The van der Waals surface area contributed by atoms with E-state index in [1.165, 1.54) is 31.8 Å². The molecule has 4 aromatic rings. The van der Waals surface area contributed by atoms with Crippen molar-refractivity contribution in [2.45, 2.75) is 31.4 Å². The van der Waals surface area contributed by atoms with Gasteiger partial charge in [0.1, 0.15) is 0 Å². The standard InChI is InChI=1S/C23H22N4OS/c1-15-7-4-5-9-19(15)18-11-12-22(17(3)13-18)29-14-20-16(2)8-6-10-21(20)27-23(28)24-25-26-27/h4-13H,14H2,1-3H3,(H,24,26,28). The van der Waals surface area contributed by atoms with E-state index in [4.69, 9.17) is 0 Å². The number of H-pyrrole nitrogens is 1. The number of thioether (sulfide) groups is 1. The molecule has 3 aromatic carbocycles. The Balaban J connectivity index is 1.62. The highest BCUT2D eigenvalue weighted by atomic mass is 32.2. The number of benzene rings is 3. The van der Waals surface area contributed by atoms with Crippen LogP contribution >= 0.6 is 11.8 Å². The lowest BCUT2D eigenvalue weighted by Crippen LogP contribution is -2.17. The first-order chi connectivity index (χ1) is 14.0. The van der Waals surface area contributed by atoms with Crippen LogP contribution in [0.4, 0.5) is 0 Å². The first-order valence-electron chi connectivity index (χ1n) is 9.43. The molecule has 0 radical (unpaired) electrons. The maximum Gasteiger partial charge on any atom is 0.365 e. The monoisotopic (exact) mass is 402 g/mol. The molecule has 0 aliphatic rings. The van der Waals surface area contributed by atoms with Gasteiger partial charge in [0.15, 0.2) is 0 Å². The summed E-state index contributed by atoms with van der Waals surface area (Å²) < 4.78 is 1.32. The van der Waals surface area contributed by atoms with Crippen LogP contribution in [0.5, 0.6) is 0 Å². The SMILES string of the molecule is Cc1cc(-c2ccccc2C)ccc1SCc1c(C)cccc1-n1nn[nH]c1=O. The predicted octanol–water partition coefficient (Wildman–Crippen LogP) is 4.84. The van der Waals surface area contributed by atoms with Crippen molar-refractivity contribution in [3.8, 4) is 16.8 Å². The molecule has 0 spiro atoms. The number of hydrogen-bond donors (Lipinski definition) is 1. The Kier molecular flexibility index (Phi) is 5.36. The molecule has 4 rings (SSSR count). The van der Waals surface area contributed by atoms with E-state index in [1.54, 1.807) is 11.8 Å². The first kappa shape index (κ1) is 19.2. The van der Waals surface area contributed by atoms with Gasteiger partial charge in [-0.15, -0.1) is 11.8 Å². The zero-order valence-electron chi connectivity index (χ0n) is 16.6. The maximum absolute atomic E-state index is 12.0. The summed E-state index contributed by atoms with van der Waals surface area (Å²) in [5, 5.41) is 9.88. The van der Waals surface area contributed by atoms with Crippen LogP contribution in [0.1, 0.15) is 22.3 Å². The van der Waals surface area contributed by atoms with Crippen molar-refractivity contribution in [2.75, 3.05) is 0 Å². The number of tetrazole rings is 1. The third-order valence-electron chi connectivity index (χ3n) is 5.09. The molecule has 1 N–H and O–H groups in total. The van der Waals surface area contributed by atoms with Gasteiger partial charge in [0.2, 0.25) is 0 Å². The number of aromatic amines is 1. The van der Waals surface area contributed by atoms with Crippen molar-refractivity contribution < 1.29 is 0 Å². The number of aryl methyl sites for hydroxylation is 3. The van der Waals surface area contributed by atoms with Gasteiger partial charge in [-0.3, -0.25) is 0 Å². The quantitative estimate of drug-likeness (QED) is 0.485. The Morgan fingerprint density at radius 1 is 0.931 bits per heavy atom. The average Bonchev–Trinajstić information content (AvgIpc) is 3.14. The summed E-state index contributed by atoms with van der Waals surface area (Å²) in [7, 11) is 0. The molecule has 0 aliphatic carbocycles. The van der Waals surface area contributed by atoms with E-state index in [1.807, 2.05) is 12.1 Å². The summed E-state index contributed by atoms with van der Waals surface area (Å²) >= 11 is 1.77. The third-order valence-corrected chi connectivity index (χ3v) is 6.29. The van der Waals surface area contributed by atoms with Crippen molar-refractivity contribution in [3.05, 3.63) is 93.4 Å². The molecule has 146 valence electrons. The zero-order valence-corrected chi connectivity index (χ0v) is 17.5. The van der Waals surface area contributed by atoms with E-state index in [-0.39, 0.29) is 5.69 Å². The molecule has 0 fully saturated rings. The lowest BCUT2D eigenvalue weighted by atomic mass is 9.99. The molecule has 0 unspecified atom stereocenters. The van der Waals surface area contributed by atoms with Gasteiger partial charge >= 0.3 is 5.69 Å². The highest BCUT2D eigenvalue weighted by molar-refractivity contribution is 7.98. The fourth-order valence-corrected chi connectivity index (χ4v) is 4.58. The van der Waals surface area contributed by atoms with Crippen molar-refractivity contribution in [3.63, 3.8) is 0 Å². The summed E-state index contributed by atoms with van der Waals surface area (Å²) in [5.74, 6) is 0.742. The summed E-state index contributed by atoms with van der Waals surface area (Å²) in [6, 6.07) is 20.9. The van der Waals surface area contributed by atoms with Crippen molar-refractivity contribution in [1.29, 1.82) is 0 Å². The molecule has 1 aromatic heterocycles. The fraction of sp³-hybridized carbons (Fsp3) is 0.174. The average molecular weight is 403 g/mol. The first-order valence-corrected chi connectivity index (χ1v) is 10.4. The predicted molar refractivity (Wildman–Crippen MR) is 118 cm³/mol. The van der Waals surface area contributed by atoms with Crippen molar-refractivity contribution >= 4 is 11.8 Å². The molecule has 0 bridgehead atoms. The molecule has 29 heavy (non-hydrogen) atoms. The van der Waals surface area contributed by atoms with Crippen LogP contribution in [-0.4, -0.2) is 20.2 Å². The van der Waals surface area contributed by atoms with Crippen molar-refractivity contribution in [1.82, 2.24) is 20.2 Å². The number of hydrogen-bond acceptors (Lipinski definition) is 4. The minimum absolute atomic E-state index is 0.333. The van der Waals surface area contributed by atoms with Crippen LogP contribution in [0.2, 0.25) is 0 Å². The van der Waals surface area contributed by atoms with E-state index in [9.17, 15) is 4.79 Å². The van der Waals surface area contributed by atoms with Crippen molar-refractivity contribution in [2.24, 2.45) is 0 Å². The summed E-state index contributed by atoms with van der Waals surface area (Å²) in [4.78, 5) is 13.2. The Bertz CT molecular complexity index is 1230. The summed E-state index contributed by atoms with van der Waals surface area (Å²) in [6.07, 6.45) is 0. The minimum atomic E-state index is -0.333. The number of nitrogens with one attached hydrogen (secondary N) is 1. The minimum Gasteiger partial charge on any atom is -0.244 e. The highest BCUT2D eigenvalue weighted by Gasteiger charge is 2.13. The highest BCUT2D eigenvalue weighted by Crippen LogP contribution is 2.33. The second-order valence-corrected chi connectivity index (χ2v) is 8.09. The van der Waals surface area contributed by atoms with Crippen LogP contribution in [0.3, 0.4) is 0 Å². The second-order valence-electron chi connectivity index (χ2n) is 7.07. The van der Waals surface area contributed by atoms with Gasteiger partial charge in [-0.25, -0.2) is 9.89 Å². The van der Waals surface area contributed by atoms with Gasteiger partial charge in [0.25, 0.3) is 0 Å². The van der Waals surface area contributed by atoms with Gasteiger partial charge < -0.3 is 0 Å². The van der Waals surface area contributed by atoms with Crippen LogP contribution in [0.25, 0.3) is 16.8 Å². The van der Waals surface area contributed by atoms with E-state index >= 15 is 0 Å². The normalized spacial score (nSPS) is 11.0. The van der Waals surface area contributed by atoms with Gasteiger partial charge in [0.05, 0.1) is 5.69 Å². The molecule has 0 saturated heterocycles. The van der Waals surface area contributed by atoms with Crippen LogP contribution in [0.15, 0.2) is 70.4 Å². The van der Waals surface area contributed by atoms with E-state index in [2.05, 4.69) is 84.8 Å². The smallest absolute Gasteiger partial charge is 0.244 e. The van der Waals surface area contributed by atoms with Crippen LogP contribution in [0, 0.1) is 20.8 Å². The Morgan fingerprint density at radius 3 is 2.45 bits per heavy atom. The van der Waals surface area contributed by atoms with Gasteiger partial charge in [-0.2, -0.15) is 4.68 Å². The number of rotatable bonds is 5. The topological polar surface area (TPSA) is 63.6 Å². The molecule has 0 aliphatic heterocycles. The van der Waals surface area contributed by atoms with E-state index in [0.29, 0.717) is 0 Å².